The number of hydrogen-bond acceptors (Lipinski definition) is 7. The molecule has 8 nitrogen and oxygen atoms in total. The van der Waals surface area contributed by atoms with Gasteiger partial charge in [-0.25, -0.2) is 4.52 Å². The van der Waals surface area contributed by atoms with Crippen molar-refractivity contribution in [3.8, 4) is 22.6 Å². The van der Waals surface area contributed by atoms with Gasteiger partial charge in [0, 0.05) is 13.5 Å². The fraction of sp³-hybridized carbons (Fsp3) is 0.280. The minimum Gasteiger partial charge on any atom is -0.493 e. The summed E-state index contributed by atoms with van der Waals surface area (Å²) in [5.41, 5.74) is 5.37. The number of methoxy groups -OCH3 is 3. The van der Waals surface area contributed by atoms with Gasteiger partial charge in [-0.05, 0) is 35.6 Å². The van der Waals surface area contributed by atoms with Crippen molar-refractivity contribution in [2.24, 2.45) is 0 Å². The Hall–Kier alpha value is -3.78. The number of rotatable bonds is 6. The molecule has 0 unspecified atom stereocenters. The predicted molar refractivity (Wildman–Crippen MR) is 122 cm³/mol. The molecule has 5 rings (SSSR count). The third-order valence-electron chi connectivity index (χ3n) is 6.07. The van der Waals surface area contributed by atoms with Crippen molar-refractivity contribution in [2.75, 3.05) is 21.3 Å². The van der Waals surface area contributed by atoms with Gasteiger partial charge in [0.25, 0.3) is 0 Å². The standard InChI is InChI=1S/C25H24N4O4/c1-31-14-18-23(15-7-5-4-6-8-15)25-27-26-24-19(29(25)28-18)11-17(12-20(24)30)16-9-10-21(32-2)22(13-16)33-3/h4-10,13,17H,11-12,14H2,1-3H3/t17-/m0/s1. The SMILES string of the molecule is COCc1nn2c3c(nnc2c1-c1ccccc1)C(=O)C[C@@H](c1ccc(OC)c(OC)c1)C3. The maximum Gasteiger partial charge on any atom is 0.185 e. The maximum atomic E-state index is 13.1. The number of Topliss-reactive ketones (excluding diaryl/α,β-unsaturated/α-hetero) is 1. The Balaban J connectivity index is 1.64. The molecule has 0 fully saturated rings. The molecule has 0 spiro atoms. The van der Waals surface area contributed by atoms with Crippen LogP contribution in [0.15, 0.2) is 48.5 Å². The normalized spacial score (nSPS) is 15.5. The van der Waals surface area contributed by atoms with Gasteiger partial charge in [-0.15, -0.1) is 10.2 Å². The van der Waals surface area contributed by atoms with Gasteiger partial charge >= 0.3 is 0 Å². The summed E-state index contributed by atoms with van der Waals surface area (Å²) in [6, 6.07) is 15.7. The van der Waals surface area contributed by atoms with E-state index in [4.69, 9.17) is 19.3 Å². The first-order chi connectivity index (χ1) is 16.1. The van der Waals surface area contributed by atoms with Crippen molar-refractivity contribution in [3.05, 3.63) is 71.2 Å². The van der Waals surface area contributed by atoms with Gasteiger partial charge in [-0.3, -0.25) is 4.79 Å². The van der Waals surface area contributed by atoms with E-state index in [0.29, 0.717) is 42.3 Å². The molecular weight excluding hydrogens is 420 g/mol. The molecule has 0 saturated heterocycles. The van der Waals surface area contributed by atoms with Gasteiger partial charge in [0.2, 0.25) is 0 Å². The predicted octanol–water partition coefficient (Wildman–Crippen LogP) is 3.87. The smallest absolute Gasteiger partial charge is 0.185 e. The average Bonchev–Trinajstić information content (AvgIpc) is 3.22. The fourth-order valence-electron chi connectivity index (χ4n) is 4.50. The van der Waals surface area contributed by atoms with Crippen LogP contribution in [0.25, 0.3) is 16.8 Å². The molecule has 0 aliphatic heterocycles. The summed E-state index contributed by atoms with van der Waals surface area (Å²) >= 11 is 0. The number of nitrogens with zero attached hydrogens (tertiary/aromatic N) is 4. The van der Waals surface area contributed by atoms with Crippen LogP contribution in [0.5, 0.6) is 11.5 Å². The lowest BCUT2D eigenvalue weighted by Crippen LogP contribution is -2.24. The number of carbonyl (C=O) groups excluding carboxylic acids is 1. The van der Waals surface area contributed by atoms with Crippen LogP contribution in [0, 0.1) is 0 Å². The second-order valence-corrected chi connectivity index (χ2v) is 7.99. The Kier molecular flexibility index (Phi) is 5.51. The lowest BCUT2D eigenvalue weighted by molar-refractivity contribution is 0.0955. The summed E-state index contributed by atoms with van der Waals surface area (Å²) in [6.07, 6.45) is 0.950. The van der Waals surface area contributed by atoms with Gasteiger partial charge in [-0.2, -0.15) is 5.10 Å². The number of hydrogen-bond donors (Lipinski definition) is 0. The lowest BCUT2D eigenvalue weighted by Gasteiger charge is -2.24. The Morgan fingerprint density at radius 2 is 1.76 bits per heavy atom. The largest absolute Gasteiger partial charge is 0.493 e. The zero-order valence-corrected chi connectivity index (χ0v) is 18.7. The van der Waals surface area contributed by atoms with Crippen LogP contribution in [-0.2, 0) is 17.8 Å². The molecule has 2 heterocycles. The molecule has 0 amide bonds. The number of ether oxygens (including phenoxy) is 3. The monoisotopic (exact) mass is 444 g/mol. The topological polar surface area (TPSA) is 87.8 Å². The van der Waals surface area contributed by atoms with Crippen LogP contribution in [0.2, 0.25) is 0 Å². The molecule has 2 aromatic heterocycles. The van der Waals surface area contributed by atoms with E-state index in [2.05, 4.69) is 10.2 Å². The van der Waals surface area contributed by atoms with Gasteiger partial charge in [-0.1, -0.05) is 36.4 Å². The van der Waals surface area contributed by atoms with Crippen LogP contribution < -0.4 is 9.47 Å². The highest BCUT2D eigenvalue weighted by Gasteiger charge is 2.32. The van der Waals surface area contributed by atoms with E-state index in [1.165, 1.54) is 0 Å². The highest BCUT2D eigenvalue weighted by Crippen LogP contribution is 2.37. The van der Waals surface area contributed by atoms with E-state index >= 15 is 0 Å². The number of ketones is 1. The molecule has 168 valence electrons. The first-order valence-corrected chi connectivity index (χ1v) is 10.7. The molecule has 1 aliphatic rings. The van der Waals surface area contributed by atoms with Crippen molar-refractivity contribution in [3.63, 3.8) is 0 Å². The molecular formula is C25H24N4O4. The number of fused-ring (bicyclic) bond motifs is 3. The minimum atomic E-state index is -0.0458. The summed E-state index contributed by atoms with van der Waals surface area (Å²) < 4.78 is 18.0. The maximum absolute atomic E-state index is 13.1. The zero-order valence-electron chi connectivity index (χ0n) is 18.7. The fourth-order valence-corrected chi connectivity index (χ4v) is 4.50. The van der Waals surface area contributed by atoms with E-state index in [1.54, 1.807) is 25.8 Å². The van der Waals surface area contributed by atoms with Crippen LogP contribution in [0.3, 0.4) is 0 Å². The van der Waals surface area contributed by atoms with Gasteiger partial charge in [0.1, 0.15) is 0 Å². The van der Waals surface area contributed by atoms with Crippen LogP contribution in [0.4, 0.5) is 0 Å². The Labute approximate surface area is 191 Å². The van der Waals surface area contributed by atoms with Crippen molar-refractivity contribution in [1.29, 1.82) is 0 Å². The Bertz CT molecular complexity index is 1330. The van der Waals surface area contributed by atoms with Gasteiger partial charge in [0.05, 0.1) is 37.8 Å². The minimum absolute atomic E-state index is 0.0348. The Morgan fingerprint density at radius 3 is 2.48 bits per heavy atom. The van der Waals surface area contributed by atoms with E-state index in [-0.39, 0.29) is 11.7 Å². The molecule has 2 aromatic carbocycles. The third kappa shape index (κ3) is 3.62. The molecule has 0 N–H and O–H groups in total. The van der Waals surface area contributed by atoms with Crippen LogP contribution >= 0.6 is 0 Å². The number of benzene rings is 2. The average molecular weight is 444 g/mol. The first-order valence-electron chi connectivity index (χ1n) is 10.7. The van der Waals surface area contributed by atoms with Crippen LogP contribution in [0.1, 0.15) is 39.8 Å². The first kappa shape index (κ1) is 21.1. The lowest BCUT2D eigenvalue weighted by atomic mass is 9.83. The van der Waals surface area contributed by atoms with E-state index < -0.39 is 0 Å². The molecule has 0 radical (unpaired) electrons. The van der Waals surface area contributed by atoms with Crippen molar-refractivity contribution < 1.29 is 19.0 Å². The number of aromatic nitrogens is 4. The molecule has 0 bridgehead atoms. The summed E-state index contributed by atoms with van der Waals surface area (Å²) in [7, 11) is 4.85. The zero-order chi connectivity index (χ0) is 22.9. The summed E-state index contributed by atoms with van der Waals surface area (Å²) in [6.45, 7) is 0.329. The summed E-state index contributed by atoms with van der Waals surface area (Å²) in [4.78, 5) is 13.1. The van der Waals surface area contributed by atoms with Crippen molar-refractivity contribution in [2.45, 2.75) is 25.4 Å². The molecule has 0 saturated carbocycles. The molecule has 8 heteroatoms. The van der Waals surface area contributed by atoms with E-state index in [9.17, 15) is 4.79 Å². The highest BCUT2D eigenvalue weighted by molar-refractivity contribution is 5.97. The molecule has 1 atom stereocenters. The number of carbonyl (C=O) groups is 1. The quantitative estimate of drug-likeness (QED) is 0.446. The summed E-state index contributed by atoms with van der Waals surface area (Å²) in [5, 5.41) is 13.5. The van der Waals surface area contributed by atoms with Crippen molar-refractivity contribution >= 4 is 11.4 Å². The Morgan fingerprint density at radius 1 is 0.970 bits per heavy atom. The highest BCUT2D eigenvalue weighted by atomic mass is 16.5. The second kappa shape index (κ2) is 8.63. The second-order valence-electron chi connectivity index (χ2n) is 7.99. The molecule has 1 aliphatic carbocycles. The third-order valence-corrected chi connectivity index (χ3v) is 6.07. The van der Waals surface area contributed by atoms with E-state index in [0.717, 1.165) is 28.1 Å². The summed E-state index contributed by atoms with van der Waals surface area (Å²) in [5.74, 6) is 1.21. The van der Waals surface area contributed by atoms with Gasteiger partial charge in [0.15, 0.2) is 28.6 Å². The van der Waals surface area contributed by atoms with Crippen LogP contribution in [-0.4, -0.2) is 46.9 Å². The van der Waals surface area contributed by atoms with Gasteiger partial charge < -0.3 is 14.2 Å². The molecule has 4 aromatic rings. The van der Waals surface area contributed by atoms with Crippen molar-refractivity contribution in [1.82, 2.24) is 19.8 Å². The molecule has 33 heavy (non-hydrogen) atoms. The van der Waals surface area contributed by atoms with E-state index in [1.807, 2.05) is 48.5 Å².